The first kappa shape index (κ1) is 17.7. The predicted octanol–water partition coefficient (Wildman–Crippen LogP) is 5.32. The molecule has 0 amide bonds. The average Bonchev–Trinajstić information content (AvgIpc) is 2.47. The van der Waals surface area contributed by atoms with Crippen molar-refractivity contribution >= 4 is 0 Å². The van der Waals surface area contributed by atoms with Gasteiger partial charge >= 0.3 is 0 Å². The standard InChI is InChI=1S/C19H25N/c1-8-14-18(16(10-3)11-4)20(7)19(15-9-2)17(12-5)13-6/h8-15H,1,3,5-6H2,2,4,7H3/b15-9-,16-11-,18-14+. The van der Waals surface area contributed by atoms with Crippen molar-refractivity contribution in [2.24, 2.45) is 0 Å². The van der Waals surface area contributed by atoms with Crippen LogP contribution in [0.5, 0.6) is 0 Å². The summed E-state index contributed by atoms with van der Waals surface area (Å²) in [6, 6.07) is 0. The Morgan fingerprint density at radius 3 is 1.90 bits per heavy atom. The maximum atomic E-state index is 3.86. The highest BCUT2D eigenvalue weighted by molar-refractivity contribution is 5.46. The molecule has 0 heterocycles. The minimum atomic E-state index is 0.972. The quantitative estimate of drug-likeness (QED) is 0.538. The number of rotatable bonds is 8. The Balaban J connectivity index is 6.04. The second-order valence-corrected chi connectivity index (χ2v) is 4.04. The fourth-order valence-electron chi connectivity index (χ4n) is 1.87. The van der Waals surface area contributed by atoms with Crippen LogP contribution < -0.4 is 0 Å². The van der Waals surface area contributed by atoms with Gasteiger partial charge in [0.25, 0.3) is 0 Å². The SMILES string of the molecule is C=C/C=C(\C(C=C)=C/C)N(C)C(/C=C\C)=C(C=C)C=C. The Bertz CT molecular complexity index is 486. The number of likely N-dealkylation sites (N-methyl/N-ethyl adjacent to an activating group) is 1. The molecule has 0 aromatic carbocycles. The summed E-state index contributed by atoms with van der Waals surface area (Å²) in [5.41, 5.74) is 4.06. The molecule has 0 spiro atoms. The van der Waals surface area contributed by atoms with Crippen molar-refractivity contribution in [3.8, 4) is 0 Å². The molecule has 0 aliphatic heterocycles. The molecule has 1 nitrogen and oxygen atoms in total. The molecule has 0 aliphatic carbocycles. The zero-order valence-electron chi connectivity index (χ0n) is 12.9. The van der Waals surface area contributed by atoms with Crippen LogP contribution in [0.15, 0.2) is 97.5 Å². The zero-order chi connectivity index (χ0) is 15.5. The first-order valence-electron chi connectivity index (χ1n) is 6.58. The Labute approximate surface area is 124 Å². The van der Waals surface area contributed by atoms with Gasteiger partial charge in [-0.15, -0.1) is 0 Å². The summed E-state index contributed by atoms with van der Waals surface area (Å²) < 4.78 is 0. The lowest BCUT2D eigenvalue weighted by molar-refractivity contribution is 0.545. The molecule has 0 radical (unpaired) electrons. The van der Waals surface area contributed by atoms with E-state index in [9.17, 15) is 0 Å². The maximum Gasteiger partial charge on any atom is 0.0478 e. The van der Waals surface area contributed by atoms with Crippen LogP contribution in [0.3, 0.4) is 0 Å². The van der Waals surface area contributed by atoms with Crippen LogP contribution in [0.2, 0.25) is 0 Å². The molecule has 0 atom stereocenters. The van der Waals surface area contributed by atoms with Crippen molar-refractivity contribution in [3.63, 3.8) is 0 Å². The molecule has 20 heavy (non-hydrogen) atoms. The summed E-state index contributed by atoms with van der Waals surface area (Å²) in [5, 5.41) is 0. The third-order valence-corrected chi connectivity index (χ3v) is 2.89. The van der Waals surface area contributed by atoms with E-state index in [1.165, 1.54) is 0 Å². The lowest BCUT2D eigenvalue weighted by atomic mass is 10.1. The van der Waals surface area contributed by atoms with Gasteiger partial charge in [0.05, 0.1) is 0 Å². The van der Waals surface area contributed by atoms with E-state index in [1.54, 1.807) is 18.2 Å². The summed E-state index contributed by atoms with van der Waals surface area (Å²) in [6.45, 7) is 19.3. The molecule has 0 fully saturated rings. The van der Waals surface area contributed by atoms with Crippen LogP contribution >= 0.6 is 0 Å². The Morgan fingerprint density at radius 1 is 0.950 bits per heavy atom. The van der Waals surface area contributed by atoms with E-state index in [-0.39, 0.29) is 0 Å². The van der Waals surface area contributed by atoms with Crippen molar-refractivity contribution in [1.82, 2.24) is 4.90 Å². The van der Waals surface area contributed by atoms with Crippen LogP contribution in [-0.4, -0.2) is 11.9 Å². The van der Waals surface area contributed by atoms with Gasteiger partial charge in [0.15, 0.2) is 0 Å². The van der Waals surface area contributed by atoms with Gasteiger partial charge in [-0.25, -0.2) is 0 Å². The minimum absolute atomic E-state index is 0.972. The van der Waals surface area contributed by atoms with Crippen molar-refractivity contribution in [2.45, 2.75) is 13.8 Å². The number of nitrogens with zero attached hydrogens (tertiary/aromatic N) is 1. The molecule has 1 heteroatoms. The first-order chi connectivity index (χ1) is 9.60. The van der Waals surface area contributed by atoms with Gasteiger partial charge in [0.2, 0.25) is 0 Å². The van der Waals surface area contributed by atoms with E-state index < -0.39 is 0 Å². The molecular weight excluding hydrogens is 242 g/mol. The van der Waals surface area contributed by atoms with Gasteiger partial charge in [0, 0.05) is 18.4 Å². The van der Waals surface area contributed by atoms with Crippen molar-refractivity contribution in [3.05, 3.63) is 97.5 Å². The van der Waals surface area contributed by atoms with E-state index in [1.807, 2.05) is 51.3 Å². The fourth-order valence-corrected chi connectivity index (χ4v) is 1.87. The molecule has 0 aromatic heterocycles. The van der Waals surface area contributed by atoms with E-state index in [4.69, 9.17) is 0 Å². The molecule has 0 bridgehead atoms. The Kier molecular flexibility index (Phi) is 8.53. The monoisotopic (exact) mass is 267 g/mol. The van der Waals surface area contributed by atoms with Gasteiger partial charge < -0.3 is 4.90 Å². The van der Waals surface area contributed by atoms with Crippen LogP contribution in [-0.2, 0) is 0 Å². The van der Waals surface area contributed by atoms with E-state index in [0.29, 0.717) is 0 Å². The lowest BCUT2D eigenvalue weighted by Gasteiger charge is -2.26. The second-order valence-electron chi connectivity index (χ2n) is 4.04. The summed E-state index contributed by atoms with van der Waals surface area (Å²) in [6.07, 6.45) is 15.2. The van der Waals surface area contributed by atoms with Crippen molar-refractivity contribution < 1.29 is 0 Å². The number of hydrogen-bond acceptors (Lipinski definition) is 1. The van der Waals surface area contributed by atoms with Gasteiger partial charge in [-0.1, -0.05) is 62.8 Å². The molecular formula is C19H25N. The summed E-state index contributed by atoms with van der Waals surface area (Å²) in [4.78, 5) is 2.08. The second kappa shape index (κ2) is 9.62. The highest BCUT2D eigenvalue weighted by atomic mass is 15.1. The highest BCUT2D eigenvalue weighted by Crippen LogP contribution is 2.23. The van der Waals surface area contributed by atoms with Gasteiger partial charge in [0.1, 0.15) is 0 Å². The molecule has 0 saturated heterocycles. The first-order valence-corrected chi connectivity index (χ1v) is 6.58. The molecule has 0 unspecified atom stereocenters. The average molecular weight is 267 g/mol. The molecule has 0 rings (SSSR count). The van der Waals surface area contributed by atoms with E-state index >= 15 is 0 Å². The summed E-state index contributed by atoms with van der Waals surface area (Å²) in [5.74, 6) is 0. The molecule has 0 N–H and O–H groups in total. The van der Waals surface area contributed by atoms with Crippen molar-refractivity contribution in [1.29, 1.82) is 0 Å². The van der Waals surface area contributed by atoms with Crippen LogP contribution in [0.4, 0.5) is 0 Å². The van der Waals surface area contributed by atoms with Crippen LogP contribution in [0.1, 0.15) is 13.8 Å². The summed E-state index contributed by atoms with van der Waals surface area (Å²) >= 11 is 0. The van der Waals surface area contributed by atoms with Crippen LogP contribution in [0.25, 0.3) is 0 Å². The lowest BCUT2D eigenvalue weighted by Crippen LogP contribution is -2.18. The topological polar surface area (TPSA) is 3.24 Å². The largest absolute Gasteiger partial charge is 0.344 e. The fraction of sp³-hybridized carbons (Fsp3) is 0.158. The highest BCUT2D eigenvalue weighted by Gasteiger charge is 2.11. The van der Waals surface area contributed by atoms with Gasteiger partial charge in [-0.2, -0.15) is 0 Å². The predicted molar refractivity (Wildman–Crippen MR) is 92.2 cm³/mol. The molecule has 0 aliphatic rings. The molecule has 0 saturated carbocycles. The normalized spacial score (nSPS) is 11.9. The van der Waals surface area contributed by atoms with Gasteiger partial charge in [-0.3, -0.25) is 0 Å². The van der Waals surface area contributed by atoms with E-state index in [0.717, 1.165) is 22.5 Å². The third kappa shape index (κ3) is 4.43. The maximum absolute atomic E-state index is 3.86. The van der Waals surface area contributed by atoms with Crippen LogP contribution in [0, 0.1) is 0 Å². The Morgan fingerprint density at radius 2 is 1.55 bits per heavy atom. The molecule has 0 aromatic rings. The van der Waals surface area contributed by atoms with Crippen molar-refractivity contribution in [2.75, 3.05) is 7.05 Å². The third-order valence-electron chi connectivity index (χ3n) is 2.89. The molecule has 106 valence electrons. The summed E-state index contributed by atoms with van der Waals surface area (Å²) in [7, 11) is 2.00. The van der Waals surface area contributed by atoms with Gasteiger partial charge in [-0.05, 0) is 37.1 Å². The smallest absolute Gasteiger partial charge is 0.0478 e. The minimum Gasteiger partial charge on any atom is -0.344 e. The Hall–Kier alpha value is -2.28. The number of hydrogen-bond donors (Lipinski definition) is 0. The zero-order valence-corrected chi connectivity index (χ0v) is 12.9. The van der Waals surface area contributed by atoms with E-state index in [2.05, 4.69) is 31.2 Å². The number of allylic oxidation sites excluding steroid dienone is 9.